The van der Waals surface area contributed by atoms with Crippen LogP contribution in [0.1, 0.15) is 30.9 Å². The van der Waals surface area contributed by atoms with Crippen molar-refractivity contribution in [1.82, 2.24) is 4.90 Å². The summed E-state index contributed by atoms with van der Waals surface area (Å²) in [6.45, 7) is 2.04. The molecular formula is C14H19NO2. The fraction of sp³-hybridized carbons (Fsp3) is 0.571. The van der Waals surface area contributed by atoms with Gasteiger partial charge in [-0.05, 0) is 32.5 Å². The van der Waals surface area contributed by atoms with Crippen LogP contribution in [0.3, 0.4) is 0 Å². The molecule has 92 valence electrons. The van der Waals surface area contributed by atoms with E-state index in [4.69, 9.17) is 4.74 Å². The summed E-state index contributed by atoms with van der Waals surface area (Å²) in [5.74, 6) is 0.863. The number of nitrogens with zero attached hydrogens (tertiary/aromatic N) is 1. The smallest absolute Gasteiger partial charge is 0.126 e. The van der Waals surface area contributed by atoms with Crippen LogP contribution in [-0.2, 0) is 0 Å². The molecule has 2 aliphatic rings. The first-order valence-electron chi connectivity index (χ1n) is 6.33. The van der Waals surface area contributed by atoms with Crippen LogP contribution < -0.4 is 4.74 Å². The number of ether oxygens (including phenoxy) is 1. The average Bonchev–Trinajstić information content (AvgIpc) is 2.28. The highest BCUT2D eigenvalue weighted by Crippen LogP contribution is 2.42. The highest BCUT2D eigenvalue weighted by atomic mass is 16.5. The van der Waals surface area contributed by atoms with Crippen LogP contribution in [0.25, 0.3) is 0 Å². The molecule has 1 spiro atoms. The van der Waals surface area contributed by atoms with Gasteiger partial charge >= 0.3 is 0 Å². The molecular weight excluding hydrogens is 214 g/mol. The third-order valence-corrected chi connectivity index (χ3v) is 3.90. The molecule has 1 aromatic carbocycles. The minimum absolute atomic E-state index is 0.180. The Labute approximate surface area is 102 Å². The summed E-state index contributed by atoms with van der Waals surface area (Å²) in [6, 6.07) is 7.85. The molecule has 0 bridgehead atoms. The summed E-state index contributed by atoms with van der Waals surface area (Å²) in [7, 11) is 2.12. The predicted octanol–water partition coefficient (Wildman–Crippen LogP) is 1.97. The number of piperidine rings is 1. The predicted molar refractivity (Wildman–Crippen MR) is 66.1 cm³/mol. The van der Waals surface area contributed by atoms with Gasteiger partial charge in [0, 0.05) is 18.5 Å². The van der Waals surface area contributed by atoms with Crippen molar-refractivity contribution < 1.29 is 9.84 Å². The quantitative estimate of drug-likeness (QED) is 0.743. The Morgan fingerprint density at radius 1 is 1.41 bits per heavy atom. The van der Waals surface area contributed by atoms with E-state index in [1.807, 2.05) is 24.3 Å². The van der Waals surface area contributed by atoms with E-state index < -0.39 is 0 Å². The Kier molecular flexibility index (Phi) is 2.60. The molecule has 1 aromatic rings. The van der Waals surface area contributed by atoms with Crippen LogP contribution in [-0.4, -0.2) is 35.7 Å². The van der Waals surface area contributed by atoms with Crippen LogP contribution in [0.2, 0.25) is 0 Å². The summed E-state index contributed by atoms with van der Waals surface area (Å²) < 4.78 is 6.20. The summed E-state index contributed by atoms with van der Waals surface area (Å²) in [5.41, 5.74) is 0.757. The second kappa shape index (κ2) is 4.00. The van der Waals surface area contributed by atoms with Gasteiger partial charge in [-0.3, -0.25) is 0 Å². The van der Waals surface area contributed by atoms with Gasteiger partial charge in [0.15, 0.2) is 0 Å². The maximum absolute atomic E-state index is 10.3. The first-order chi connectivity index (χ1) is 8.19. The zero-order valence-corrected chi connectivity index (χ0v) is 10.2. The molecule has 1 saturated heterocycles. The minimum atomic E-state index is -0.383. The summed E-state index contributed by atoms with van der Waals surface area (Å²) in [5, 5.41) is 10.3. The lowest BCUT2D eigenvalue weighted by Gasteiger charge is -2.45. The Balaban J connectivity index is 1.92. The van der Waals surface area contributed by atoms with Crippen LogP contribution in [0, 0.1) is 0 Å². The van der Waals surface area contributed by atoms with E-state index in [0.717, 1.165) is 37.2 Å². The monoisotopic (exact) mass is 233 g/mol. The largest absolute Gasteiger partial charge is 0.485 e. The van der Waals surface area contributed by atoms with Gasteiger partial charge in [0.25, 0.3) is 0 Å². The SMILES string of the molecule is CN1CCCC2(CC(O)c3ccccc3O2)C1. The molecule has 2 atom stereocenters. The lowest BCUT2D eigenvalue weighted by molar-refractivity contribution is -0.0554. The topological polar surface area (TPSA) is 32.7 Å². The average molecular weight is 233 g/mol. The van der Waals surface area contributed by atoms with Crippen LogP contribution in [0.5, 0.6) is 5.75 Å². The number of aliphatic hydroxyl groups is 1. The van der Waals surface area contributed by atoms with Crippen molar-refractivity contribution in [3.8, 4) is 5.75 Å². The maximum Gasteiger partial charge on any atom is 0.126 e. The first kappa shape index (κ1) is 11.1. The fourth-order valence-electron chi connectivity index (χ4n) is 3.16. The highest BCUT2D eigenvalue weighted by molar-refractivity contribution is 5.38. The number of likely N-dealkylation sites (N-methyl/N-ethyl adjacent to an activating group) is 1. The van der Waals surface area contributed by atoms with E-state index in [2.05, 4.69) is 11.9 Å². The normalized spacial score (nSPS) is 33.2. The van der Waals surface area contributed by atoms with Crippen LogP contribution >= 0.6 is 0 Å². The van der Waals surface area contributed by atoms with Crippen molar-refractivity contribution in [1.29, 1.82) is 0 Å². The van der Waals surface area contributed by atoms with Crippen LogP contribution in [0.15, 0.2) is 24.3 Å². The highest BCUT2D eigenvalue weighted by Gasteiger charge is 2.42. The molecule has 2 aliphatic heterocycles. The van der Waals surface area contributed by atoms with Gasteiger partial charge in [0.1, 0.15) is 11.4 Å². The number of rotatable bonds is 0. The Morgan fingerprint density at radius 2 is 2.24 bits per heavy atom. The number of aliphatic hydroxyl groups excluding tert-OH is 1. The van der Waals surface area contributed by atoms with Crippen molar-refractivity contribution in [3.05, 3.63) is 29.8 Å². The Bertz CT molecular complexity index is 420. The second-order valence-electron chi connectivity index (χ2n) is 5.38. The second-order valence-corrected chi connectivity index (χ2v) is 5.38. The van der Waals surface area contributed by atoms with Gasteiger partial charge in [-0.15, -0.1) is 0 Å². The van der Waals surface area contributed by atoms with Crippen molar-refractivity contribution in [3.63, 3.8) is 0 Å². The molecule has 17 heavy (non-hydrogen) atoms. The third kappa shape index (κ3) is 1.94. The molecule has 1 N–H and O–H groups in total. The molecule has 0 saturated carbocycles. The number of hydrogen-bond donors (Lipinski definition) is 1. The number of benzene rings is 1. The number of hydrogen-bond acceptors (Lipinski definition) is 3. The van der Waals surface area contributed by atoms with Gasteiger partial charge < -0.3 is 14.7 Å². The molecule has 3 rings (SSSR count). The van der Waals surface area contributed by atoms with Gasteiger partial charge in [-0.1, -0.05) is 18.2 Å². The first-order valence-corrected chi connectivity index (χ1v) is 6.33. The molecule has 0 radical (unpaired) electrons. The van der Waals surface area contributed by atoms with Gasteiger partial charge in [0.2, 0.25) is 0 Å². The van der Waals surface area contributed by atoms with E-state index in [0.29, 0.717) is 6.42 Å². The third-order valence-electron chi connectivity index (χ3n) is 3.90. The van der Waals surface area contributed by atoms with Crippen molar-refractivity contribution >= 4 is 0 Å². The molecule has 3 heteroatoms. The Morgan fingerprint density at radius 3 is 3.06 bits per heavy atom. The summed E-state index contributed by atoms with van der Waals surface area (Å²) in [4.78, 5) is 2.30. The van der Waals surface area contributed by atoms with Crippen molar-refractivity contribution in [2.45, 2.75) is 31.0 Å². The fourth-order valence-corrected chi connectivity index (χ4v) is 3.16. The zero-order valence-electron chi connectivity index (χ0n) is 10.2. The molecule has 2 unspecified atom stereocenters. The number of para-hydroxylation sites is 1. The standard InChI is InChI=1S/C14H19NO2/c1-15-8-4-7-14(10-15)9-12(16)11-5-2-3-6-13(11)17-14/h2-3,5-6,12,16H,4,7-10H2,1H3. The van der Waals surface area contributed by atoms with Crippen molar-refractivity contribution in [2.24, 2.45) is 0 Å². The number of likely N-dealkylation sites (tertiary alicyclic amines) is 1. The zero-order chi connectivity index (χ0) is 11.9. The molecule has 3 nitrogen and oxygen atoms in total. The lowest BCUT2D eigenvalue weighted by atomic mass is 9.83. The van der Waals surface area contributed by atoms with Crippen LogP contribution in [0.4, 0.5) is 0 Å². The molecule has 0 amide bonds. The molecule has 2 heterocycles. The molecule has 1 fully saturated rings. The van der Waals surface area contributed by atoms with E-state index >= 15 is 0 Å². The number of fused-ring (bicyclic) bond motifs is 1. The van der Waals surface area contributed by atoms with E-state index in [9.17, 15) is 5.11 Å². The van der Waals surface area contributed by atoms with E-state index in [1.165, 1.54) is 0 Å². The maximum atomic E-state index is 10.3. The summed E-state index contributed by atoms with van der Waals surface area (Å²) >= 11 is 0. The Hall–Kier alpha value is -1.06. The van der Waals surface area contributed by atoms with E-state index in [1.54, 1.807) is 0 Å². The van der Waals surface area contributed by atoms with Gasteiger partial charge in [-0.25, -0.2) is 0 Å². The minimum Gasteiger partial charge on any atom is -0.485 e. The van der Waals surface area contributed by atoms with Crippen molar-refractivity contribution in [2.75, 3.05) is 20.1 Å². The van der Waals surface area contributed by atoms with Gasteiger partial charge in [-0.2, -0.15) is 0 Å². The molecule has 0 aliphatic carbocycles. The van der Waals surface area contributed by atoms with Gasteiger partial charge in [0.05, 0.1) is 6.10 Å². The van der Waals surface area contributed by atoms with E-state index in [-0.39, 0.29) is 11.7 Å². The summed E-state index contributed by atoms with van der Waals surface area (Å²) in [6.07, 6.45) is 2.52. The molecule has 0 aromatic heterocycles. The lowest BCUT2D eigenvalue weighted by Crippen LogP contribution is -2.52.